The second-order valence-corrected chi connectivity index (χ2v) is 7.21. The zero-order valence-electron chi connectivity index (χ0n) is 12.9. The lowest BCUT2D eigenvalue weighted by molar-refractivity contribution is -0.385. The summed E-state index contributed by atoms with van der Waals surface area (Å²) in [7, 11) is 0. The summed E-state index contributed by atoms with van der Waals surface area (Å²) in [5.41, 5.74) is 2.60. The van der Waals surface area contributed by atoms with E-state index in [1.165, 1.54) is 30.1 Å². The van der Waals surface area contributed by atoms with Crippen LogP contribution in [0, 0.1) is 10.1 Å². The number of halogens is 2. The minimum Gasteiger partial charge on any atom is -0.447 e. The number of aromatic nitrogens is 1. The van der Waals surface area contributed by atoms with Gasteiger partial charge in [-0.3, -0.25) is 15.5 Å². The van der Waals surface area contributed by atoms with Crippen LogP contribution in [0.15, 0.2) is 72.6 Å². The van der Waals surface area contributed by atoms with Crippen molar-refractivity contribution in [1.29, 1.82) is 0 Å². The second-order valence-electron chi connectivity index (χ2n) is 4.87. The third kappa shape index (κ3) is 4.84. The largest absolute Gasteiger partial charge is 0.447 e. The average Bonchev–Trinajstić information content (AvgIpc) is 2.97. The van der Waals surface area contributed by atoms with Crippen molar-refractivity contribution in [2.24, 2.45) is 5.10 Å². The third-order valence-electron chi connectivity index (χ3n) is 3.03. The number of nitro groups is 1. The van der Waals surface area contributed by atoms with E-state index < -0.39 is 4.92 Å². The Morgan fingerprint density at radius 1 is 1.31 bits per heavy atom. The maximum Gasteiger partial charge on any atom is 0.287 e. The first kappa shape index (κ1) is 18.4. The molecule has 7 nitrogen and oxygen atoms in total. The lowest BCUT2D eigenvalue weighted by atomic mass is 10.4. The summed E-state index contributed by atoms with van der Waals surface area (Å²) in [4.78, 5) is 15.0. The van der Waals surface area contributed by atoms with Crippen LogP contribution in [0.5, 0.6) is 0 Å². The number of hydrazone groups is 1. The van der Waals surface area contributed by atoms with E-state index in [-0.39, 0.29) is 5.69 Å². The van der Waals surface area contributed by atoms with Crippen LogP contribution in [0.25, 0.3) is 0 Å². The SMILES string of the molecule is O=[N+]([O-])c1ccc(NN=Cc2cc(Br)c(Sc3ccc(Cl)cc3)o2)nc1. The molecule has 3 aromatic rings. The van der Waals surface area contributed by atoms with Gasteiger partial charge in [0.15, 0.2) is 5.09 Å². The Morgan fingerprint density at radius 2 is 2.08 bits per heavy atom. The molecule has 3 rings (SSSR count). The molecule has 0 radical (unpaired) electrons. The van der Waals surface area contributed by atoms with Gasteiger partial charge in [0.1, 0.15) is 17.8 Å². The van der Waals surface area contributed by atoms with Crippen LogP contribution in [-0.2, 0) is 0 Å². The predicted octanol–water partition coefficient (Wildman–Crippen LogP) is 5.60. The maximum atomic E-state index is 10.6. The molecule has 0 aliphatic rings. The summed E-state index contributed by atoms with van der Waals surface area (Å²) in [5.74, 6) is 0.913. The van der Waals surface area contributed by atoms with E-state index >= 15 is 0 Å². The highest BCUT2D eigenvalue weighted by Gasteiger charge is 2.10. The Hall–Kier alpha value is -2.36. The highest BCUT2D eigenvalue weighted by molar-refractivity contribution is 9.10. The summed E-state index contributed by atoms with van der Waals surface area (Å²) in [6.45, 7) is 0. The third-order valence-corrected chi connectivity index (χ3v) is 5.13. The lowest BCUT2D eigenvalue weighted by Crippen LogP contribution is -1.94. The molecule has 1 aromatic carbocycles. The Kier molecular flexibility index (Phi) is 5.92. The van der Waals surface area contributed by atoms with Crippen molar-refractivity contribution in [3.63, 3.8) is 0 Å². The van der Waals surface area contributed by atoms with Crippen LogP contribution < -0.4 is 5.43 Å². The summed E-state index contributed by atoms with van der Waals surface area (Å²) < 4.78 is 6.52. The maximum absolute atomic E-state index is 10.6. The molecule has 0 saturated heterocycles. The molecule has 2 aromatic heterocycles. The first-order valence-corrected chi connectivity index (χ1v) is 9.12. The van der Waals surface area contributed by atoms with Gasteiger partial charge in [-0.15, -0.1) is 0 Å². The topological polar surface area (TPSA) is 93.6 Å². The fraction of sp³-hybridized carbons (Fsp3) is 0. The fourth-order valence-electron chi connectivity index (χ4n) is 1.83. The Bertz CT molecular complexity index is 945. The van der Waals surface area contributed by atoms with Gasteiger partial charge in [0.05, 0.1) is 15.6 Å². The summed E-state index contributed by atoms with van der Waals surface area (Å²) >= 11 is 10.8. The van der Waals surface area contributed by atoms with Crippen molar-refractivity contribution in [2.45, 2.75) is 9.99 Å². The standard InChI is InChI=1S/C16H10BrClN4O3S/c17-14-7-12(25-16(14)26-13-4-1-10(18)2-5-13)9-20-21-15-6-3-11(8-19-15)22(23)24/h1-9H,(H,19,21). The molecule has 0 saturated carbocycles. The Morgan fingerprint density at radius 3 is 2.73 bits per heavy atom. The van der Waals surface area contributed by atoms with Gasteiger partial charge < -0.3 is 4.42 Å². The average molecular weight is 454 g/mol. The van der Waals surface area contributed by atoms with E-state index in [4.69, 9.17) is 16.0 Å². The molecule has 10 heteroatoms. The van der Waals surface area contributed by atoms with E-state index in [1.54, 1.807) is 6.07 Å². The molecule has 1 N–H and O–H groups in total. The summed E-state index contributed by atoms with van der Waals surface area (Å²) in [6, 6.07) is 12.0. The number of benzene rings is 1. The highest BCUT2D eigenvalue weighted by Crippen LogP contribution is 2.35. The molecule has 0 bridgehead atoms. The van der Waals surface area contributed by atoms with Crippen LogP contribution in [-0.4, -0.2) is 16.1 Å². The molecule has 0 amide bonds. The van der Waals surface area contributed by atoms with E-state index in [9.17, 15) is 10.1 Å². The zero-order chi connectivity index (χ0) is 18.5. The van der Waals surface area contributed by atoms with Gasteiger partial charge in [0.25, 0.3) is 5.69 Å². The molecule has 0 unspecified atom stereocenters. The summed E-state index contributed by atoms with van der Waals surface area (Å²) in [5, 5.41) is 15.9. The number of nitrogens with zero attached hydrogens (tertiary/aromatic N) is 3. The van der Waals surface area contributed by atoms with Gasteiger partial charge in [0.2, 0.25) is 0 Å². The number of hydrogen-bond acceptors (Lipinski definition) is 7. The second kappa shape index (κ2) is 8.35. The number of hydrogen-bond donors (Lipinski definition) is 1. The van der Waals surface area contributed by atoms with Gasteiger partial charge >= 0.3 is 0 Å². The molecule has 0 spiro atoms. The quantitative estimate of drug-likeness (QED) is 0.297. The van der Waals surface area contributed by atoms with E-state index in [0.29, 0.717) is 21.7 Å². The molecule has 0 aliphatic heterocycles. The molecular formula is C16H10BrClN4O3S. The molecule has 0 fully saturated rings. The van der Waals surface area contributed by atoms with E-state index in [1.807, 2.05) is 24.3 Å². The number of pyridine rings is 1. The zero-order valence-corrected chi connectivity index (χ0v) is 16.1. The van der Waals surface area contributed by atoms with Gasteiger partial charge in [-0.05, 0) is 46.3 Å². The number of anilines is 1. The number of nitrogens with one attached hydrogen (secondary N) is 1. The van der Waals surface area contributed by atoms with Gasteiger partial charge in [0, 0.05) is 22.1 Å². The van der Waals surface area contributed by atoms with Crippen LogP contribution in [0.1, 0.15) is 5.76 Å². The first-order valence-electron chi connectivity index (χ1n) is 7.13. The van der Waals surface area contributed by atoms with Crippen LogP contribution >= 0.6 is 39.3 Å². The predicted molar refractivity (Wildman–Crippen MR) is 104 cm³/mol. The van der Waals surface area contributed by atoms with Gasteiger partial charge in [-0.25, -0.2) is 4.98 Å². The van der Waals surface area contributed by atoms with Crippen molar-refractivity contribution >= 4 is 57.0 Å². The van der Waals surface area contributed by atoms with Gasteiger partial charge in [-0.1, -0.05) is 23.4 Å². The lowest BCUT2D eigenvalue weighted by Gasteiger charge is -1.99. The molecule has 0 aliphatic carbocycles. The van der Waals surface area contributed by atoms with Crippen LogP contribution in [0.2, 0.25) is 5.02 Å². The van der Waals surface area contributed by atoms with E-state index in [2.05, 4.69) is 31.4 Å². The van der Waals surface area contributed by atoms with E-state index in [0.717, 1.165) is 15.6 Å². The molecule has 26 heavy (non-hydrogen) atoms. The fourth-order valence-corrected chi connectivity index (χ4v) is 3.29. The molecule has 2 heterocycles. The van der Waals surface area contributed by atoms with Crippen LogP contribution in [0.4, 0.5) is 11.5 Å². The number of rotatable bonds is 6. The Labute approximate surface area is 165 Å². The molecule has 0 atom stereocenters. The minimum atomic E-state index is -0.514. The first-order chi connectivity index (χ1) is 12.5. The normalized spacial score (nSPS) is 11.0. The van der Waals surface area contributed by atoms with Crippen molar-refractivity contribution in [3.05, 3.63) is 74.0 Å². The summed E-state index contributed by atoms with van der Waals surface area (Å²) in [6.07, 6.45) is 2.64. The minimum absolute atomic E-state index is 0.0849. The Balaban J connectivity index is 1.64. The van der Waals surface area contributed by atoms with Crippen molar-refractivity contribution in [1.82, 2.24) is 4.98 Å². The molecule has 132 valence electrons. The monoisotopic (exact) mass is 452 g/mol. The smallest absolute Gasteiger partial charge is 0.287 e. The van der Waals surface area contributed by atoms with Crippen LogP contribution in [0.3, 0.4) is 0 Å². The van der Waals surface area contributed by atoms with Gasteiger partial charge in [-0.2, -0.15) is 5.10 Å². The van der Waals surface area contributed by atoms with Crippen molar-refractivity contribution in [2.75, 3.05) is 5.43 Å². The highest BCUT2D eigenvalue weighted by atomic mass is 79.9. The molecular weight excluding hydrogens is 444 g/mol. The van der Waals surface area contributed by atoms with Crippen molar-refractivity contribution < 1.29 is 9.34 Å². The number of furan rings is 1. The van der Waals surface area contributed by atoms with Crippen molar-refractivity contribution in [3.8, 4) is 0 Å².